The molecule has 0 aromatic carbocycles. The molecule has 2 amide bonds. The number of primary amides is 1. The van der Waals surface area contributed by atoms with Crippen LogP contribution in [0.25, 0.3) is 0 Å². The van der Waals surface area contributed by atoms with E-state index in [4.69, 9.17) is 5.73 Å². The number of pyridine rings is 1. The second-order valence-corrected chi connectivity index (χ2v) is 8.92. The summed E-state index contributed by atoms with van der Waals surface area (Å²) < 4.78 is 29.7. The number of fused-ring (bicyclic) bond motifs is 1. The van der Waals surface area contributed by atoms with Crippen LogP contribution in [0.15, 0.2) is 18.3 Å². The third-order valence-corrected chi connectivity index (χ3v) is 6.64. The summed E-state index contributed by atoms with van der Waals surface area (Å²) in [7, 11) is 0. The standard InChI is InChI=1S/C21H25F2N5O2/c1-11-16(19(30)26-13-6-7-25-15(8-13)18(24)29)28(27-17(11)21(3,22)23)10-20(2)9-12-4-5-14(12)20/h6-8,12,14H,4-5,9-10H2,1-3H3,(H2,24,29)(H,25,26,30). The third kappa shape index (κ3) is 3.36. The van der Waals surface area contributed by atoms with Crippen molar-refractivity contribution in [2.75, 3.05) is 5.32 Å². The SMILES string of the molecule is Cc1c(C(C)(F)F)nn(CC2(C)CC3CCC32)c1C(=O)Nc1ccnc(C(N)=O)c1. The van der Waals surface area contributed by atoms with Crippen LogP contribution < -0.4 is 11.1 Å². The molecule has 160 valence electrons. The third-order valence-electron chi connectivity index (χ3n) is 6.64. The summed E-state index contributed by atoms with van der Waals surface area (Å²) in [6.07, 6.45) is 4.71. The van der Waals surface area contributed by atoms with Gasteiger partial charge >= 0.3 is 0 Å². The van der Waals surface area contributed by atoms with Crippen LogP contribution in [-0.4, -0.2) is 26.6 Å². The van der Waals surface area contributed by atoms with Gasteiger partial charge in [-0.25, -0.2) is 0 Å². The molecule has 0 spiro atoms. The number of nitrogens with zero attached hydrogens (tertiary/aromatic N) is 3. The second-order valence-electron chi connectivity index (χ2n) is 8.92. The number of aromatic nitrogens is 3. The van der Waals surface area contributed by atoms with Crippen molar-refractivity contribution in [3.8, 4) is 0 Å². The Bertz CT molecular complexity index is 1030. The fraction of sp³-hybridized carbons (Fsp3) is 0.524. The monoisotopic (exact) mass is 417 g/mol. The minimum absolute atomic E-state index is 0.00295. The average molecular weight is 417 g/mol. The summed E-state index contributed by atoms with van der Waals surface area (Å²) in [4.78, 5) is 28.3. The van der Waals surface area contributed by atoms with Gasteiger partial charge < -0.3 is 11.1 Å². The number of hydrogen-bond acceptors (Lipinski definition) is 4. The van der Waals surface area contributed by atoms with E-state index >= 15 is 0 Å². The molecule has 2 aromatic rings. The van der Waals surface area contributed by atoms with E-state index in [0.717, 1.165) is 19.8 Å². The lowest BCUT2D eigenvalue weighted by Crippen LogP contribution is -2.54. The Labute approximate surface area is 173 Å². The summed E-state index contributed by atoms with van der Waals surface area (Å²) in [5, 5.41) is 6.82. The van der Waals surface area contributed by atoms with Gasteiger partial charge in [0.25, 0.3) is 17.7 Å². The Morgan fingerprint density at radius 2 is 2.13 bits per heavy atom. The first-order chi connectivity index (χ1) is 14.0. The molecule has 2 saturated carbocycles. The molecule has 2 aliphatic rings. The number of alkyl halides is 2. The molecule has 30 heavy (non-hydrogen) atoms. The largest absolute Gasteiger partial charge is 0.364 e. The van der Waals surface area contributed by atoms with Crippen molar-refractivity contribution in [3.63, 3.8) is 0 Å². The highest BCUT2D eigenvalue weighted by atomic mass is 19.3. The minimum Gasteiger partial charge on any atom is -0.364 e. The number of nitrogens with one attached hydrogen (secondary N) is 1. The summed E-state index contributed by atoms with van der Waals surface area (Å²) >= 11 is 0. The maximum absolute atomic E-state index is 14.2. The molecule has 2 aromatic heterocycles. The number of carbonyl (C=O) groups excluding carboxylic acids is 2. The van der Waals surface area contributed by atoms with Crippen LogP contribution in [-0.2, 0) is 12.5 Å². The fourth-order valence-electron chi connectivity index (χ4n) is 5.05. The van der Waals surface area contributed by atoms with Crippen LogP contribution in [0, 0.1) is 24.2 Å². The molecule has 3 unspecified atom stereocenters. The Balaban J connectivity index is 1.67. The first-order valence-corrected chi connectivity index (χ1v) is 10.0. The number of rotatable bonds is 6. The van der Waals surface area contributed by atoms with Crippen molar-refractivity contribution in [1.82, 2.24) is 14.8 Å². The molecule has 2 aliphatic carbocycles. The van der Waals surface area contributed by atoms with Gasteiger partial charge in [0.2, 0.25) is 0 Å². The van der Waals surface area contributed by atoms with Crippen LogP contribution >= 0.6 is 0 Å². The molecular formula is C21H25F2N5O2. The van der Waals surface area contributed by atoms with Crippen molar-refractivity contribution in [3.05, 3.63) is 41.0 Å². The smallest absolute Gasteiger partial charge is 0.289 e. The number of amides is 2. The second kappa shape index (κ2) is 6.85. The molecule has 3 N–H and O–H groups in total. The Hall–Kier alpha value is -2.84. The zero-order chi connectivity index (χ0) is 21.8. The molecule has 3 atom stereocenters. The van der Waals surface area contributed by atoms with Gasteiger partial charge in [0.15, 0.2) is 0 Å². The van der Waals surface area contributed by atoms with E-state index in [1.807, 2.05) is 0 Å². The van der Waals surface area contributed by atoms with E-state index in [1.54, 1.807) is 0 Å². The number of halogens is 2. The van der Waals surface area contributed by atoms with Crippen molar-refractivity contribution in [2.24, 2.45) is 23.0 Å². The Morgan fingerprint density at radius 1 is 1.40 bits per heavy atom. The number of nitrogens with two attached hydrogens (primary N) is 1. The summed E-state index contributed by atoms with van der Waals surface area (Å²) in [6.45, 7) is 4.82. The molecular weight excluding hydrogens is 392 g/mol. The van der Waals surface area contributed by atoms with E-state index in [2.05, 4.69) is 22.3 Å². The Morgan fingerprint density at radius 3 is 2.67 bits per heavy atom. The van der Waals surface area contributed by atoms with E-state index in [0.29, 0.717) is 24.1 Å². The zero-order valence-corrected chi connectivity index (χ0v) is 17.2. The lowest BCUT2D eigenvalue weighted by atomic mass is 9.45. The fourth-order valence-corrected chi connectivity index (χ4v) is 5.05. The maximum Gasteiger partial charge on any atom is 0.289 e. The molecule has 0 saturated heterocycles. The molecule has 0 bridgehead atoms. The maximum atomic E-state index is 14.2. The van der Waals surface area contributed by atoms with Gasteiger partial charge in [-0.05, 0) is 55.6 Å². The van der Waals surface area contributed by atoms with Crippen molar-refractivity contribution >= 4 is 17.5 Å². The molecule has 2 heterocycles. The van der Waals surface area contributed by atoms with Crippen LogP contribution in [0.5, 0.6) is 0 Å². The first kappa shape index (κ1) is 20.4. The van der Waals surface area contributed by atoms with Gasteiger partial charge in [0.05, 0.1) is 0 Å². The lowest BCUT2D eigenvalue weighted by molar-refractivity contribution is -0.115. The van der Waals surface area contributed by atoms with Crippen LogP contribution in [0.3, 0.4) is 0 Å². The minimum atomic E-state index is -3.17. The summed E-state index contributed by atoms with van der Waals surface area (Å²) in [6, 6.07) is 2.85. The molecule has 4 rings (SSSR count). The highest BCUT2D eigenvalue weighted by Gasteiger charge is 2.55. The topological polar surface area (TPSA) is 103 Å². The van der Waals surface area contributed by atoms with Crippen LogP contribution in [0.4, 0.5) is 14.5 Å². The highest BCUT2D eigenvalue weighted by molar-refractivity contribution is 6.04. The van der Waals surface area contributed by atoms with Crippen LogP contribution in [0.1, 0.15) is 65.3 Å². The molecule has 0 radical (unpaired) electrons. The average Bonchev–Trinajstić information content (AvgIpc) is 2.95. The van der Waals surface area contributed by atoms with E-state index < -0.39 is 23.4 Å². The predicted octanol–water partition coefficient (Wildman–Crippen LogP) is 3.49. The molecule has 9 heteroatoms. The van der Waals surface area contributed by atoms with Crippen LogP contribution in [0.2, 0.25) is 0 Å². The summed E-state index contributed by atoms with van der Waals surface area (Å²) in [5.74, 6) is -3.19. The van der Waals surface area contributed by atoms with Crippen molar-refractivity contribution < 1.29 is 18.4 Å². The highest BCUT2D eigenvalue weighted by Crippen LogP contribution is 2.62. The molecule has 0 aliphatic heterocycles. The quantitative estimate of drug-likeness (QED) is 0.751. The Kier molecular flexibility index (Phi) is 4.67. The van der Waals surface area contributed by atoms with Gasteiger partial charge in [0.1, 0.15) is 17.1 Å². The van der Waals surface area contributed by atoms with Crippen molar-refractivity contribution in [2.45, 2.75) is 52.5 Å². The van der Waals surface area contributed by atoms with E-state index in [9.17, 15) is 18.4 Å². The van der Waals surface area contributed by atoms with Gasteiger partial charge in [-0.2, -0.15) is 13.9 Å². The van der Waals surface area contributed by atoms with E-state index in [1.165, 1.54) is 36.4 Å². The van der Waals surface area contributed by atoms with Crippen molar-refractivity contribution in [1.29, 1.82) is 0 Å². The zero-order valence-electron chi connectivity index (χ0n) is 17.2. The number of hydrogen-bond donors (Lipinski definition) is 2. The van der Waals surface area contributed by atoms with Gasteiger partial charge in [-0.15, -0.1) is 0 Å². The van der Waals surface area contributed by atoms with Gasteiger partial charge in [0, 0.05) is 30.9 Å². The molecule has 7 nitrogen and oxygen atoms in total. The first-order valence-electron chi connectivity index (χ1n) is 10.0. The molecule has 2 fully saturated rings. The predicted molar refractivity (Wildman–Crippen MR) is 106 cm³/mol. The van der Waals surface area contributed by atoms with Gasteiger partial charge in [-0.3, -0.25) is 19.3 Å². The summed E-state index contributed by atoms with van der Waals surface area (Å²) in [5.41, 5.74) is 5.34. The van der Waals surface area contributed by atoms with Gasteiger partial charge in [-0.1, -0.05) is 6.92 Å². The normalized spacial score (nSPS) is 25.1. The van der Waals surface area contributed by atoms with E-state index in [-0.39, 0.29) is 22.4 Å². The lowest BCUT2D eigenvalue weighted by Gasteiger charge is -2.60. The number of anilines is 1. The number of carbonyl (C=O) groups is 2.